The second-order valence-corrected chi connectivity index (χ2v) is 5.89. The van der Waals surface area contributed by atoms with Crippen LogP contribution in [0.15, 0.2) is 42.5 Å². The maximum atomic E-state index is 12.8. The van der Waals surface area contributed by atoms with Gasteiger partial charge in [0.2, 0.25) is 0 Å². The summed E-state index contributed by atoms with van der Waals surface area (Å²) in [6.07, 6.45) is 0.843. The zero-order valence-corrected chi connectivity index (χ0v) is 14.5. The predicted octanol–water partition coefficient (Wildman–Crippen LogP) is 2.87. The quantitative estimate of drug-likeness (QED) is 0.608. The zero-order chi connectivity index (χ0) is 17.5. The number of carbonyl (C=O) groups is 2. The highest BCUT2D eigenvalue weighted by Gasteiger charge is 2.18. The summed E-state index contributed by atoms with van der Waals surface area (Å²) in [5, 5.41) is 5.91. The number of amides is 1. The molecule has 0 unspecified atom stereocenters. The van der Waals surface area contributed by atoms with Gasteiger partial charge in [-0.15, -0.1) is 0 Å². The van der Waals surface area contributed by atoms with Crippen LogP contribution in [0.2, 0.25) is 0 Å². The first kappa shape index (κ1) is 17.9. The maximum absolute atomic E-state index is 12.8. The summed E-state index contributed by atoms with van der Waals surface area (Å²) in [6.45, 7) is 5.40. The first-order valence-electron chi connectivity index (χ1n) is 8.18. The van der Waals surface area contributed by atoms with Gasteiger partial charge in [-0.05, 0) is 57.1 Å². The van der Waals surface area contributed by atoms with Gasteiger partial charge in [0.1, 0.15) is 0 Å². The van der Waals surface area contributed by atoms with E-state index in [1.54, 1.807) is 24.3 Å². The Kier molecular flexibility index (Phi) is 6.27. The molecule has 2 N–H and O–H groups in total. The van der Waals surface area contributed by atoms with Crippen LogP contribution in [0, 0.1) is 13.8 Å². The van der Waals surface area contributed by atoms with E-state index in [0.29, 0.717) is 23.2 Å². The lowest BCUT2D eigenvalue weighted by Crippen LogP contribution is -2.28. The molecule has 0 radical (unpaired) electrons. The molecule has 126 valence electrons. The van der Waals surface area contributed by atoms with Gasteiger partial charge in [0.05, 0.1) is 5.56 Å². The highest BCUT2D eigenvalue weighted by Crippen LogP contribution is 2.17. The van der Waals surface area contributed by atoms with Crippen molar-refractivity contribution in [2.45, 2.75) is 20.3 Å². The lowest BCUT2D eigenvalue weighted by atomic mass is 9.95. The van der Waals surface area contributed by atoms with Crippen molar-refractivity contribution >= 4 is 11.7 Å². The maximum Gasteiger partial charge on any atom is 0.252 e. The summed E-state index contributed by atoms with van der Waals surface area (Å²) < 4.78 is 0. The molecular weight excluding hydrogens is 300 g/mol. The third kappa shape index (κ3) is 4.30. The van der Waals surface area contributed by atoms with Gasteiger partial charge in [0.25, 0.3) is 5.91 Å². The Balaban J connectivity index is 2.22. The van der Waals surface area contributed by atoms with Crippen LogP contribution in [0.25, 0.3) is 0 Å². The number of nitrogens with one attached hydrogen (secondary N) is 2. The molecule has 0 aliphatic heterocycles. The SMILES string of the molecule is CNCCCNC(=O)c1ccccc1C(=O)c1ccc(C)c(C)c1. The fraction of sp³-hybridized carbons (Fsp3) is 0.300. The van der Waals surface area contributed by atoms with Crippen LogP contribution < -0.4 is 10.6 Å². The smallest absolute Gasteiger partial charge is 0.252 e. The number of hydrogen-bond acceptors (Lipinski definition) is 3. The lowest BCUT2D eigenvalue weighted by Gasteiger charge is -2.10. The normalized spacial score (nSPS) is 10.5. The van der Waals surface area contributed by atoms with Crippen molar-refractivity contribution in [1.82, 2.24) is 10.6 Å². The van der Waals surface area contributed by atoms with Crippen molar-refractivity contribution in [3.05, 3.63) is 70.3 Å². The Hall–Kier alpha value is -2.46. The fourth-order valence-corrected chi connectivity index (χ4v) is 2.48. The zero-order valence-electron chi connectivity index (χ0n) is 14.5. The van der Waals surface area contributed by atoms with Crippen LogP contribution in [-0.4, -0.2) is 31.8 Å². The largest absolute Gasteiger partial charge is 0.352 e. The molecule has 0 saturated carbocycles. The van der Waals surface area contributed by atoms with Gasteiger partial charge >= 0.3 is 0 Å². The van der Waals surface area contributed by atoms with Crippen molar-refractivity contribution < 1.29 is 9.59 Å². The van der Waals surface area contributed by atoms with E-state index in [4.69, 9.17) is 0 Å². The molecule has 0 aliphatic carbocycles. The molecule has 24 heavy (non-hydrogen) atoms. The highest BCUT2D eigenvalue weighted by molar-refractivity contribution is 6.15. The van der Waals surface area contributed by atoms with Gasteiger partial charge in [-0.2, -0.15) is 0 Å². The molecule has 0 fully saturated rings. The van der Waals surface area contributed by atoms with E-state index < -0.39 is 0 Å². The molecule has 2 aromatic rings. The van der Waals surface area contributed by atoms with Crippen molar-refractivity contribution in [3.8, 4) is 0 Å². The molecule has 2 aromatic carbocycles. The summed E-state index contributed by atoms with van der Waals surface area (Å²) in [6, 6.07) is 12.6. The highest BCUT2D eigenvalue weighted by atomic mass is 16.2. The Bertz CT molecular complexity index is 738. The molecule has 0 aliphatic rings. The van der Waals surface area contributed by atoms with Crippen LogP contribution in [0.4, 0.5) is 0 Å². The molecule has 0 saturated heterocycles. The topological polar surface area (TPSA) is 58.2 Å². The van der Waals surface area contributed by atoms with Gasteiger partial charge in [-0.25, -0.2) is 0 Å². The van der Waals surface area contributed by atoms with Crippen molar-refractivity contribution in [3.63, 3.8) is 0 Å². The average Bonchev–Trinajstić information content (AvgIpc) is 2.60. The number of carbonyl (C=O) groups excluding carboxylic acids is 2. The van der Waals surface area contributed by atoms with E-state index in [1.807, 2.05) is 39.1 Å². The molecule has 0 spiro atoms. The van der Waals surface area contributed by atoms with E-state index in [-0.39, 0.29) is 11.7 Å². The predicted molar refractivity (Wildman–Crippen MR) is 96.7 cm³/mol. The van der Waals surface area contributed by atoms with E-state index >= 15 is 0 Å². The van der Waals surface area contributed by atoms with Gasteiger partial charge in [-0.3, -0.25) is 9.59 Å². The minimum Gasteiger partial charge on any atom is -0.352 e. The molecule has 4 nitrogen and oxygen atoms in total. The molecule has 2 rings (SSSR count). The number of ketones is 1. The first-order chi connectivity index (χ1) is 11.5. The standard InChI is InChI=1S/C20H24N2O2/c1-14-9-10-16(13-15(14)2)19(23)17-7-4-5-8-18(17)20(24)22-12-6-11-21-3/h4-5,7-10,13,21H,6,11-12H2,1-3H3,(H,22,24). The molecule has 0 heterocycles. The third-order valence-corrected chi connectivity index (χ3v) is 4.07. The van der Waals surface area contributed by atoms with Crippen LogP contribution in [0.5, 0.6) is 0 Å². The van der Waals surface area contributed by atoms with E-state index in [1.165, 1.54) is 0 Å². The van der Waals surface area contributed by atoms with Gasteiger partial charge in [0.15, 0.2) is 5.78 Å². The van der Waals surface area contributed by atoms with Crippen LogP contribution in [-0.2, 0) is 0 Å². The van der Waals surface area contributed by atoms with Crippen LogP contribution in [0.3, 0.4) is 0 Å². The van der Waals surface area contributed by atoms with Crippen molar-refractivity contribution in [2.75, 3.05) is 20.1 Å². The first-order valence-corrected chi connectivity index (χ1v) is 8.18. The molecule has 1 amide bonds. The van der Waals surface area contributed by atoms with Crippen LogP contribution >= 0.6 is 0 Å². The molecule has 4 heteroatoms. The Morgan fingerprint density at radius 1 is 0.917 bits per heavy atom. The van der Waals surface area contributed by atoms with Gasteiger partial charge < -0.3 is 10.6 Å². The minimum atomic E-state index is -0.209. The number of benzene rings is 2. The van der Waals surface area contributed by atoms with E-state index in [0.717, 1.165) is 24.1 Å². The number of hydrogen-bond donors (Lipinski definition) is 2. The number of rotatable bonds is 7. The summed E-state index contributed by atoms with van der Waals surface area (Å²) in [5.41, 5.74) is 3.67. The van der Waals surface area contributed by atoms with Crippen LogP contribution in [0.1, 0.15) is 43.8 Å². The lowest BCUT2D eigenvalue weighted by molar-refractivity contribution is 0.0942. The summed E-state index contributed by atoms with van der Waals surface area (Å²) in [5.74, 6) is -0.335. The van der Waals surface area contributed by atoms with Crippen molar-refractivity contribution in [2.24, 2.45) is 0 Å². The second kappa shape index (κ2) is 8.41. The average molecular weight is 324 g/mol. The minimum absolute atomic E-state index is 0.126. The second-order valence-electron chi connectivity index (χ2n) is 5.89. The van der Waals surface area contributed by atoms with E-state index in [2.05, 4.69) is 10.6 Å². The Labute approximate surface area is 143 Å². The molecule has 0 aromatic heterocycles. The molecule has 0 atom stereocenters. The summed E-state index contributed by atoms with van der Waals surface area (Å²) >= 11 is 0. The van der Waals surface area contributed by atoms with Gasteiger partial charge in [-0.1, -0.05) is 30.3 Å². The van der Waals surface area contributed by atoms with Gasteiger partial charge in [0, 0.05) is 17.7 Å². The molecule has 0 bridgehead atoms. The number of aryl methyl sites for hydroxylation is 2. The fourth-order valence-electron chi connectivity index (χ4n) is 2.48. The summed E-state index contributed by atoms with van der Waals surface area (Å²) in [7, 11) is 1.87. The Morgan fingerprint density at radius 3 is 2.29 bits per heavy atom. The van der Waals surface area contributed by atoms with Crippen molar-refractivity contribution in [1.29, 1.82) is 0 Å². The third-order valence-electron chi connectivity index (χ3n) is 4.07. The monoisotopic (exact) mass is 324 g/mol. The molecular formula is C20H24N2O2. The van der Waals surface area contributed by atoms with E-state index in [9.17, 15) is 9.59 Å². The Morgan fingerprint density at radius 2 is 1.62 bits per heavy atom. The summed E-state index contributed by atoms with van der Waals surface area (Å²) in [4.78, 5) is 25.2.